The third-order valence-electron chi connectivity index (χ3n) is 4.39. The van der Waals surface area contributed by atoms with Crippen LogP contribution in [0.3, 0.4) is 0 Å². The van der Waals surface area contributed by atoms with Crippen molar-refractivity contribution in [1.29, 1.82) is 0 Å². The van der Waals surface area contributed by atoms with E-state index in [1.54, 1.807) is 0 Å². The van der Waals surface area contributed by atoms with Crippen LogP contribution in [0.4, 0.5) is 4.79 Å². The average molecular weight is 282 g/mol. The maximum atomic E-state index is 12.2. The van der Waals surface area contributed by atoms with Crippen molar-refractivity contribution in [1.82, 2.24) is 10.2 Å². The molecule has 1 aliphatic heterocycles. The van der Waals surface area contributed by atoms with Gasteiger partial charge in [0.05, 0.1) is 0 Å². The number of carbonyl (C=O) groups is 1. The van der Waals surface area contributed by atoms with Gasteiger partial charge in [0.1, 0.15) is 5.60 Å². The predicted octanol–water partition coefficient (Wildman–Crippen LogP) is 3.16. The van der Waals surface area contributed by atoms with Gasteiger partial charge < -0.3 is 15.0 Å². The summed E-state index contributed by atoms with van der Waals surface area (Å²) < 4.78 is 5.49. The minimum absolute atomic E-state index is 0.160. The van der Waals surface area contributed by atoms with Crippen molar-refractivity contribution in [2.75, 3.05) is 13.1 Å². The average Bonchev–Trinajstić information content (AvgIpc) is 3.05. The lowest BCUT2D eigenvalue weighted by Gasteiger charge is -2.37. The monoisotopic (exact) mass is 282 g/mol. The number of nitrogens with one attached hydrogen (secondary N) is 1. The topological polar surface area (TPSA) is 41.6 Å². The van der Waals surface area contributed by atoms with Gasteiger partial charge in [-0.25, -0.2) is 4.79 Å². The number of hydrogen-bond acceptors (Lipinski definition) is 3. The fourth-order valence-electron chi connectivity index (χ4n) is 2.91. The number of rotatable bonds is 3. The second-order valence-corrected chi connectivity index (χ2v) is 7.82. The summed E-state index contributed by atoms with van der Waals surface area (Å²) in [5, 5.41) is 3.73. The number of hydrogen-bond donors (Lipinski definition) is 1. The van der Waals surface area contributed by atoms with Gasteiger partial charge in [0.25, 0.3) is 0 Å². The molecule has 0 radical (unpaired) electrons. The highest BCUT2D eigenvalue weighted by molar-refractivity contribution is 5.68. The first-order valence-corrected chi connectivity index (χ1v) is 7.94. The van der Waals surface area contributed by atoms with Crippen LogP contribution in [0.25, 0.3) is 0 Å². The second-order valence-electron chi connectivity index (χ2n) is 7.82. The number of carbonyl (C=O) groups excluding carboxylic acids is 1. The smallest absolute Gasteiger partial charge is 0.410 e. The maximum absolute atomic E-state index is 12.2. The van der Waals surface area contributed by atoms with Crippen LogP contribution in [0.2, 0.25) is 0 Å². The molecule has 4 heteroatoms. The van der Waals surface area contributed by atoms with Crippen molar-refractivity contribution in [3.8, 4) is 0 Å². The third kappa shape index (κ3) is 4.37. The van der Waals surface area contributed by atoms with Crippen molar-refractivity contribution in [3.63, 3.8) is 0 Å². The van der Waals surface area contributed by atoms with E-state index < -0.39 is 5.60 Å². The lowest BCUT2D eigenvalue weighted by Crippen LogP contribution is -2.49. The molecule has 4 nitrogen and oxygen atoms in total. The van der Waals surface area contributed by atoms with E-state index in [9.17, 15) is 4.79 Å². The van der Waals surface area contributed by atoms with Crippen LogP contribution in [0.5, 0.6) is 0 Å². The molecular formula is C16H30N2O2. The van der Waals surface area contributed by atoms with Crippen molar-refractivity contribution in [2.24, 2.45) is 5.92 Å². The number of likely N-dealkylation sites (tertiary alicyclic amines) is 1. The van der Waals surface area contributed by atoms with E-state index >= 15 is 0 Å². The Balaban J connectivity index is 1.86. The largest absolute Gasteiger partial charge is 0.444 e. The lowest BCUT2D eigenvalue weighted by atomic mass is 9.91. The van der Waals surface area contributed by atoms with Gasteiger partial charge in [-0.2, -0.15) is 0 Å². The fourth-order valence-corrected chi connectivity index (χ4v) is 2.91. The van der Waals surface area contributed by atoms with E-state index in [2.05, 4.69) is 19.2 Å². The number of piperidine rings is 1. The summed E-state index contributed by atoms with van der Waals surface area (Å²) in [6, 6.07) is 0.465. The molecule has 2 rings (SSSR count). The minimum Gasteiger partial charge on any atom is -0.444 e. The van der Waals surface area contributed by atoms with E-state index in [-0.39, 0.29) is 6.09 Å². The van der Waals surface area contributed by atoms with Crippen LogP contribution in [-0.2, 0) is 4.74 Å². The predicted molar refractivity (Wildman–Crippen MR) is 80.8 cm³/mol. The molecule has 2 atom stereocenters. The maximum Gasteiger partial charge on any atom is 0.410 e. The van der Waals surface area contributed by atoms with Gasteiger partial charge in [0.15, 0.2) is 0 Å². The molecule has 1 aliphatic carbocycles. The summed E-state index contributed by atoms with van der Waals surface area (Å²) in [6.07, 6.45) is 4.67. The molecule has 20 heavy (non-hydrogen) atoms. The summed E-state index contributed by atoms with van der Waals surface area (Å²) in [5.74, 6) is 0.536. The Bertz CT molecular complexity index is 358. The van der Waals surface area contributed by atoms with Crippen LogP contribution < -0.4 is 5.32 Å². The minimum atomic E-state index is -0.407. The standard InChI is InChI=1S/C16H30N2O2/c1-12(17-16(5)8-9-16)13-7-6-10-18(11-13)14(19)20-15(2,3)4/h12-13,17H,6-11H2,1-5H3. The van der Waals surface area contributed by atoms with Crippen molar-refractivity contribution in [3.05, 3.63) is 0 Å². The molecule has 0 aromatic carbocycles. The first-order valence-electron chi connectivity index (χ1n) is 7.94. The summed E-state index contributed by atoms with van der Waals surface area (Å²) in [6.45, 7) is 12.0. The molecule has 1 saturated carbocycles. The quantitative estimate of drug-likeness (QED) is 0.864. The van der Waals surface area contributed by atoms with E-state index in [4.69, 9.17) is 4.74 Å². The normalized spacial score (nSPS) is 27.1. The lowest BCUT2D eigenvalue weighted by molar-refractivity contribution is 0.0146. The highest BCUT2D eigenvalue weighted by atomic mass is 16.6. The Kier molecular flexibility index (Phi) is 4.33. The molecular weight excluding hydrogens is 252 g/mol. The molecule has 1 saturated heterocycles. The molecule has 0 aromatic rings. The van der Waals surface area contributed by atoms with Gasteiger partial charge in [-0.15, -0.1) is 0 Å². The first kappa shape index (κ1) is 15.6. The molecule has 2 aliphatic rings. The molecule has 1 amide bonds. The zero-order chi connectivity index (χ0) is 15.0. The summed E-state index contributed by atoms with van der Waals surface area (Å²) >= 11 is 0. The van der Waals surface area contributed by atoms with E-state index in [0.29, 0.717) is 17.5 Å². The van der Waals surface area contributed by atoms with E-state index in [1.807, 2.05) is 25.7 Å². The van der Waals surface area contributed by atoms with Gasteiger partial charge >= 0.3 is 6.09 Å². The van der Waals surface area contributed by atoms with E-state index in [0.717, 1.165) is 19.5 Å². The molecule has 2 unspecified atom stereocenters. The van der Waals surface area contributed by atoms with Crippen molar-refractivity contribution >= 4 is 6.09 Å². The van der Waals surface area contributed by atoms with Gasteiger partial charge in [-0.3, -0.25) is 0 Å². The molecule has 0 aromatic heterocycles. The first-order chi connectivity index (χ1) is 9.19. The van der Waals surface area contributed by atoms with Gasteiger partial charge in [-0.05, 0) is 66.2 Å². The van der Waals surface area contributed by atoms with Crippen LogP contribution >= 0.6 is 0 Å². The Morgan fingerprint density at radius 1 is 1.40 bits per heavy atom. The summed E-state index contributed by atoms with van der Waals surface area (Å²) in [5.41, 5.74) is -0.0526. The van der Waals surface area contributed by atoms with Crippen molar-refractivity contribution < 1.29 is 9.53 Å². The molecule has 116 valence electrons. The molecule has 0 spiro atoms. The van der Waals surface area contributed by atoms with Gasteiger partial charge in [0.2, 0.25) is 0 Å². The molecule has 1 heterocycles. The Morgan fingerprint density at radius 3 is 2.60 bits per heavy atom. The van der Waals surface area contributed by atoms with Crippen LogP contribution in [0.15, 0.2) is 0 Å². The zero-order valence-electron chi connectivity index (χ0n) is 13.7. The zero-order valence-corrected chi connectivity index (χ0v) is 13.7. The summed E-state index contributed by atoms with van der Waals surface area (Å²) in [4.78, 5) is 14.0. The fraction of sp³-hybridized carbons (Fsp3) is 0.938. The van der Waals surface area contributed by atoms with Gasteiger partial charge in [-0.1, -0.05) is 0 Å². The van der Waals surface area contributed by atoms with Crippen LogP contribution in [-0.4, -0.2) is 41.3 Å². The Hall–Kier alpha value is -0.770. The van der Waals surface area contributed by atoms with E-state index in [1.165, 1.54) is 19.3 Å². The highest BCUT2D eigenvalue weighted by Crippen LogP contribution is 2.36. The number of nitrogens with zero attached hydrogens (tertiary/aromatic N) is 1. The van der Waals surface area contributed by atoms with Crippen LogP contribution in [0, 0.1) is 5.92 Å². The Morgan fingerprint density at radius 2 is 2.05 bits per heavy atom. The highest BCUT2D eigenvalue weighted by Gasteiger charge is 2.40. The molecule has 1 N–H and O–H groups in total. The number of ether oxygens (including phenoxy) is 1. The number of amides is 1. The SMILES string of the molecule is CC(NC1(C)CC1)C1CCCN(C(=O)OC(C)(C)C)C1. The van der Waals surface area contributed by atoms with Crippen molar-refractivity contribution in [2.45, 2.75) is 77.5 Å². The summed E-state index contributed by atoms with van der Waals surface area (Å²) in [7, 11) is 0. The Labute approximate surface area is 123 Å². The molecule has 2 fully saturated rings. The van der Waals surface area contributed by atoms with Gasteiger partial charge in [0, 0.05) is 24.7 Å². The molecule has 0 bridgehead atoms. The van der Waals surface area contributed by atoms with Crippen LogP contribution in [0.1, 0.15) is 60.3 Å². The third-order valence-corrected chi connectivity index (χ3v) is 4.39. The second kappa shape index (κ2) is 5.55.